The molecule has 0 aliphatic heterocycles. The average Bonchev–Trinajstić information content (AvgIpc) is 2.92. The van der Waals surface area contributed by atoms with Gasteiger partial charge in [0.1, 0.15) is 0 Å². The summed E-state index contributed by atoms with van der Waals surface area (Å²) in [7, 11) is 0. The van der Waals surface area contributed by atoms with Gasteiger partial charge in [-0.05, 0) is 59.7 Å². The summed E-state index contributed by atoms with van der Waals surface area (Å²) in [5.41, 5.74) is 4.42. The standard InChI is InChI=1S/C33H32O4/c1-4-14-27-22-28(21-23(2)3)29(24-15-8-5-9-16-24)31(37-33(35)26-19-12-7-13-20-26)30(27)36-32(34)25-17-10-6-11-18-25/h5-13,15-20,22-23H,4,14,21H2,1-3H3. The Morgan fingerprint density at radius 1 is 0.676 bits per heavy atom. The summed E-state index contributed by atoms with van der Waals surface area (Å²) in [5.74, 6) is -0.0471. The van der Waals surface area contributed by atoms with Gasteiger partial charge < -0.3 is 9.47 Å². The predicted octanol–water partition coefficient (Wildman–Crippen LogP) is 7.94. The Bertz CT molecular complexity index is 1340. The lowest BCUT2D eigenvalue weighted by atomic mass is 9.89. The zero-order valence-corrected chi connectivity index (χ0v) is 21.6. The van der Waals surface area contributed by atoms with Crippen LogP contribution >= 0.6 is 0 Å². The summed E-state index contributed by atoms with van der Waals surface area (Å²) >= 11 is 0. The molecule has 0 aromatic heterocycles. The molecule has 37 heavy (non-hydrogen) atoms. The van der Waals surface area contributed by atoms with Gasteiger partial charge in [-0.3, -0.25) is 0 Å². The minimum absolute atomic E-state index is 0.283. The number of carbonyl (C=O) groups is 2. The van der Waals surface area contributed by atoms with E-state index < -0.39 is 11.9 Å². The van der Waals surface area contributed by atoms with Crippen LogP contribution in [0.25, 0.3) is 11.1 Å². The van der Waals surface area contributed by atoms with Gasteiger partial charge in [0, 0.05) is 5.56 Å². The minimum atomic E-state index is -0.501. The third-order valence-corrected chi connectivity index (χ3v) is 6.01. The summed E-state index contributed by atoms with van der Waals surface area (Å²) in [6.07, 6.45) is 2.30. The van der Waals surface area contributed by atoms with Crippen LogP contribution in [0.15, 0.2) is 97.1 Å². The van der Waals surface area contributed by atoms with Gasteiger partial charge in [-0.15, -0.1) is 0 Å². The Labute approximate surface area is 218 Å². The zero-order chi connectivity index (χ0) is 26.2. The van der Waals surface area contributed by atoms with Crippen LogP contribution in [-0.2, 0) is 12.8 Å². The number of hydrogen-bond acceptors (Lipinski definition) is 4. The molecule has 188 valence electrons. The molecule has 0 amide bonds. The molecular weight excluding hydrogens is 460 g/mol. The van der Waals surface area contributed by atoms with E-state index in [2.05, 4.69) is 26.8 Å². The number of hydrogen-bond donors (Lipinski definition) is 0. The van der Waals surface area contributed by atoms with E-state index in [4.69, 9.17) is 9.47 Å². The van der Waals surface area contributed by atoms with Crippen molar-refractivity contribution in [2.45, 2.75) is 40.0 Å². The monoisotopic (exact) mass is 492 g/mol. The van der Waals surface area contributed by atoms with Crippen LogP contribution in [0.2, 0.25) is 0 Å². The van der Waals surface area contributed by atoms with Crippen molar-refractivity contribution in [3.05, 3.63) is 119 Å². The molecule has 0 N–H and O–H groups in total. The number of esters is 2. The Morgan fingerprint density at radius 2 is 1.16 bits per heavy atom. The maximum atomic E-state index is 13.3. The molecule has 4 heteroatoms. The first-order valence-electron chi connectivity index (χ1n) is 12.8. The molecule has 0 aliphatic rings. The topological polar surface area (TPSA) is 52.6 Å². The highest BCUT2D eigenvalue weighted by Crippen LogP contribution is 2.45. The second-order valence-corrected chi connectivity index (χ2v) is 9.45. The lowest BCUT2D eigenvalue weighted by molar-refractivity contribution is 0.0681. The zero-order valence-electron chi connectivity index (χ0n) is 21.6. The van der Waals surface area contributed by atoms with Gasteiger partial charge in [-0.1, -0.05) is 100.0 Å². The smallest absolute Gasteiger partial charge is 0.343 e. The fourth-order valence-corrected chi connectivity index (χ4v) is 4.39. The van der Waals surface area contributed by atoms with E-state index in [1.165, 1.54) is 0 Å². The number of carbonyl (C=O) groups excluding carboxylic acids is 2. The molecule has 0 aliphatic carbocycles. The van der Waals surface area contributed by atoms with E-state index >= 15 is 0 Å². The van der Waals surface area contributed by atoms with E-state index in [0.29, 0.717) is 29.2 Å². The fraction of sp³-hybridized carbons (Fsp3) is 0.212. The molecule has 4 rings (SSSR count). The number of rotatable bonds is 9. The molecule has 0 heterocycles. The van der Waals surface area contributed by atoms with Gasteiger partial charge in [0.15, 0.2) is 11.5 Å². The highest BCUT2D eigenvalue weighted by atomic mass is 16.6. The fourth-order valence-electron chi connectivity index (χ4n) is 4.39. The highest BCUT2D eigenvalue weighted by molar-refractivity contribution is 5.95. The van der Waals surface area contributed by atoms with Crippen LogP contribution in [0.4, 0.5) is 0 Å². The van der Waals surface area contributed by atoms with Crippen molar-refractivity contribution in [2.24, 2.45) is 5.92 Å². The van der Waals surface area contributed by atoms with Gasteiger partial charge in [0.2, 0.25) is 0 Å². The molecule has 0 bridgehead atoms. The molecule has 0 fully saturated rings. The summed E-state index contributed by atoms with van der Waals surface area (Å²) in [6, 6.07) is 29.7. The molecular formula is C33H32O4. The maximum absolute atomic E-state index is 13.3. The first-order valence-corrected chi connectivity index (χ1v) is 12.8. The van der Waals surface area contributed by atoms with E-state index in [1.807, 2.05) is 42.5 Å². The highest BCUT2D eigenvalue weighted by Gasteiger charge is 2.27. The first-order chi connectivity index (χ1) is 18.0. The lowest BCUT2D eigenvalue weighted by Crippen LogP contribution is -2.16. The molecule has 0 atom stereocenters. The van der Waals surface area contributed by atoms with E-state index in [1.54, 1.807) is 48.5 Å². The Balaban J connectivity index is 1.95. The molecule has 0 saturated carbocycles. The lowest BCUT2D eigenvalue weighted by Gasteiger charge is -2.22. The number of aryl methyl sites for hydroxylation is 1. The Hall–Kier alpha value is -4.18. The SMILES string of the molecule is CCCc1cc(CC(C)C)c(-c2ccccc2)c(OC(=O)c2ccccc2)c1OC(=O)c1ccccc1. The van der Waals surface area contributed by atoms with Crippen molar-refractivity contribution in [3.63, 3.8) is 0 Å². The maximum Gasteiger partial charge on any atom is 0.343 e. The molecule has 4 aromatic rings. The van der Waals surface area contributed by atoms with E-state index in [9.17, 15) is 9.59 Å². The van der Waals surface area contributed by atoms with Crippen LogP contribution in [-0.4, -0.2) is 11.9 Å². The minimum Gasteiger partial charge on any atom is -0.419 e. The molecule has 0 saturated heterocycles. The normalized spacial score (nSPS) is 10.8. The van der Waals surface area contributed by atoms with Gasteiger partial charge in [-0.25, -0.2) is 9.59 Å². The summed E-state index contributed by atoms with van der Waals surface area (Å²) in [4.78, 5) is 26.6. The van der Waals surface area contributed by atoms with Crippen molar-refractivity contribution in [1.82, 2.24) is 0 Å². The average molecular weight is 493 g/mol. The number of ether oxygens (including phenoxy) is 2. The molecule has 0 spiro atoms. The van der Waals surface area contributed by atoms with Crippen molar-refractivity contribution >= 4 is 11.9 Å². The largest absolute Gasteiger partial charge is 0.419 e. The summed E-state index contributed by atoms with van der Waals surface area (Å²) < 4.78 is 12.2. The number of benzene rings is 4. The molecule has 4 aromatic carbocycles. The quantitative estimate of drug-likeness (QED) is 0.176. The molecule has 4 nitrogen and oxygen atoms in total. The van der Waals surface area contributed by atoms with Crippen LogP contribution in [0, 0.1) is 5.92 Å². The van der Waals surface area contributed by atoms with Crippen LogP contribution < -0.4 is 9.47 Å². The summed E-state index contributed by atoms with van der Waals surface area (Å²) in [5, 5.41) is 0. The van der Waals surface area contributed by atoms with Gasteiger partial charge in [0.25, 0.3) is 0 Å². The van der Waals surface area contributed by atoms with Crippen molar-refractivity contribution in [2.75, 3.05) is 0 Å². The second-order valence-electron chi connectivity index (χ2n) is 9.45. The predicted molar refractivity (Wildman–Crippen MR) is 147 cm³/mol. The molecule has 0 unspecified atom stereocenters. The molecule has 0 radical (unpaired) electrons. The Kier molecular flexibility index (Phi) is 8.52. The Morgan fingerprint density at radius 3 is 1.65 bits per heavy atom. The third kappa shape index (κ3) is 6.34. The van der Waals surface area contributed by atoms with Crippen LogP contribution in [0.3, 0.4) is 0 Å². The van der Waals surface area contributed by atoms with Crippen molar-refractivity contribution in [3.8, 4) is 22.6 Å². The van der Waals surface area contributed by atoms with Gasteiger partial charge in [-0.2, -0.15) is 0 Å². The summed E-state index contributed by atoms with van der Waals surface area (Å²) in [6.45, 7) is 6.40. The van der Waals surface area contributed by atoms with Crippen LogP contribution in [0.1, 0.15) is 59.0 Å². The third-order valence-electron chi connectivity index (χ3n) is 6.01. The van der Waals surface area contributed by atoms with Gasteiger partial charge in [0.05, 0.1) is 11.1 Å². The van der Waals surface area contributed by atoms with E-state index in [0.717, 1.165) is 35.1 Å². The van der Waals surface area contributed by atoms with Gasteiger partial charge >= 0.3 is 11.9 Å². The van der Waals surface area contributed by atoms with E-state index in [-0.39, 0.29) is 5.75 Å². The second kappa shape index (κ2) is 12.2. The van der Waals surface area contributed by atoms with Crippen LogP contribution in [0.5, 0.6) is 11.5 Å². The first kappa shape index (κ1) is 25.9. The van der Waals surface area contributed by atoms with Crippen molar-refractivity contribution < 1.29 is 19.1 Å². The van der Waals surface area contributed by atoms with Crippen molar-refractivity contribution in [1.29, 1.82) is 0 Å².